The molecule has 0 N–H and O–H groups in total. The van der Waals surface area contributed by atoms with Gasteiger partial charge in [0.05, 0.1) is 11.7 Å². The van der Waals surface area contributed by atoms with Crippen LogP contribution in [-0.2, 0) is 11.3 Å². The lowest BCUT2D eigenvalue weighted by atomic mass is 10.1. The number of carbonyl (C=O) groups excluding carboxylic acids is 2. The average Bonchev–Trinajstić information content (AvgIpc) is 3.11. The minimum atomic E-state index is -0.301. The second kappa shape index (κ2) is 6.58. The quantitative estimate of drug-likeness (QED) is 0.808. The summed E-state index contributed by atoms with van der Waals surface area (Å²) in [6.07, 6.45) is 1.93. The van der Waals surface area contributed by atoms with Crippen LogP contribution in [0.1, 0.15) is 5.56 Å². The first-order valence-corrected chi connectivity index (χ1v) is 9.23. The van der Waals surface area contributed by atoms with Crippen molar-refractivity contribution in [2.45, 2.75) is 17.8 Å². The molecule has 2 heterocycles. The highest BCUT2D eigenvalue weighted by atomic mass is 35.5. The molecule has 2 atom stereocenters. The van der Waals surface area contributed by atoms with Gasteiger partial charge in [-0.05, 0) is 35.2 Å². The van der Waals surface area contributed by atoms with Crippen molar-refractivity contribution in [1.29, 1.82) is 0 Å². The number of rotatable bonds is 3. The Hall–Kier alpha value is -2.24. The van der Waals surface area contributed by atoms with Crippen LogP contribution in [0, 0.1) is 0 Å². The van der Waals surface area contributed by atoms with Crippen molar-refractivity contribution in [3.63, 3.8) is 0 Å². The monoisotopic (exact) mass is 370 g/mol. The first-order chi connectivity index (χ1) is 12.1. The number of amides is 3. The number of imide groups is 1. The molecule has 1 saturated heterocycles. The van der Waals surface area contributed by atoms with E-state index in [2.05, 4.69) is 0 Å². The highest BCUT2D eigenvalue weighted by Crippen LogP contribution is 2.37. The number of nitrogens with zero attached hydrogens (tertiary/aromatic N) is 2. The van der Waals surface area contributed by atoms with Crippen molar-refractivity contribution >= 4 is 41.0 Å². The van der Waals surface area contributed by atoms with Gasteiger partial charge in [0, 0.05) is 11.6 Å². The van der Waals surface area contributed by atoms with E-state index >= 15 is 0 Å². The van der Waals surface area contributed by atoms with Crippen LogP contribution in [0.25, 0.3) is 0 Å². The maximum Gasteiger partial charge on any atom is 0.332 e. The summed E-state index contributed by atoms with van der Waals surface area (Å²) < 4.78 is 0. The van der Waals surface area contributed by atoms with E-state index in [-0.39, 0.29) is 23.2 Å². The van der Waals surface area contributed by atoms with Gasteiger partial charge in [-0.3, -0.25) is 4.79 Å². The summed E-state index contributed by atoms with van der Waals surface area (Å²) in [5.74, 6) is -0.163. The average molecular weight is 371 g/mol. The summed E-state index contributed by atoms with van der Waals surface area (Å²) in [4.78, 5) is 29.0. The van der Waals surface area contributed by atoms with Crippen molar-refractivity contribution in [2.75, 3.05) is 4.90 Å². The predicted octanol–water partition coefficient (Wildman–Crippen LogP) is 4.31. The van der Waals surface area contributed by atoms with Crippen molar-refractivity contribution in [2.24, 2.45) is 0 Å². The molecule has 2 aliphatic heterocycles. The van der Waals surface area contributed by atoms with Crippen molar-refractivity contribution in [3.8, 4) is 0 Å². The Bertz CT molecular complexity index is 838. The summed E-state index contributed by atoms with van der Waals surface area (Å²) in [5.41, 5.74) is 1.58. The maximum absolute atomic E-state index is 13.1. The van der Waals surface area contributed by atoms with Crippen LogP contribution in [0.2, 0.25) is 5.02 Å². The summed E-state index contributed by atoms with van der Waals surface area (Å²) in [6, 6.07) is 16.0. The number of urea groups is 1. The van der Waals surface area contributed by atoms with Gasteiger partial charge in [-0.2, -0.15) is 0 Å². The predicted molar refractivity (Wildman–Crippen MR) is 101 cm³/mol. The molecule has 4 nitrogen and oxygen atoms in total. The standard InChI is InChI=1S/C19H15ClN2O2S/c20-14-8-6-13(7-9-14)12-21-16-10-11-25-17(16)18(23)22(19(21)24)15-4-2-1-3-5-15/h1-11,16-17H,12H2. The smallest absolute Gasteiger partial charge is 0.312 e. The second-order valence-electron chi connectivity index (χ2n) is 5.92. The number of thioether (sulfide) groups is 1. The Labute approximate surface area is 155 Å². The molecule has 6 heteroatoms. The van der Waals surface area contributed by atoms with E-state index in [0.29, 0.717) is 17.3 Å². The fourth-order valence-corrected chi connectivity index (χ4v) is 4.28. The Morgan fingerprint density at radius 1 is 1.00 bits per heavy atom. The molecule has 4 rings (SSSR count). The first-order valence-electron chi connectivity index (χ1n) is 7.91. The molecule has 0 aromatic heterocycles. The first kappa shape index (κ1) is 16.2. The van der Waals surface area contributed by atoms with Crippen LogP contribution in [-0.4, -0.2) is 28.1 Å². The molecule has 25 heavy (non-hydrogen) atoms. The molecule has 3 amide bonds. The van der Waals surface area contributed by atoms with Crippen LogP contribution in [0.15, 0.2) is 66.1 Å². The maximum atomic E-state index is 13.1. The van der Waals surface area contributed by atoms with Crippen LogP contribution in [0.4, 0.5) is 10.5 Å². The molecule has 2 unspecified atom stereocenters. The van der Waals surface area contributed by atoms with E-state index in [4.69, 9.17) is 11.6 Å². The molecule has 0 saturated carbocycles. The zero-order chi connectivity index (χ0) is 17.4. The topological polar surface area (TPSA) is 40.6 Å². The SMILES string of the molecule is O=C1C2SC=CC2N(Cc2ccc(Cl)cc2)C(=O)N1c1ccccc1. The lowest BCUT2D eigenvalue weighted by Gasteiger charge is -2.41. The highest BCUT2D eigenvalue weighted by Gasteiger charge is 2.47. The van der Waals surface area contributed by atoms with E-state index in [1.165, 1.54) is 16.7 Å². The molecule has 1 fully saturated rings. The molecule has 2 aromatic rings. The minimum Gasteiger partial charge on any atom is -0.312 e. The van der Waals surface area contributed by atoms with Gasteiger partial charge in [-0.25, -0.2) is 9.69 Å². The van der Waals surface area contributed by atoms with Gasteiger partial charge in [0.25, 0.3) is 5.91 Å². The number of carbonyl (C=O) groups is 2. The van der Waals surface area contributed by atoms with Crippen LogP contribution >= 0.6 is 23.4 Å². The number of hydrogen-bond donors (Lipinski definition) is 0. The molecule has 2 aromatic carbocycles. The second-order valence-corrected chi connectivity index (χ2v) is 7.41. The number of halogens is 1. The van der Waals surface area contributed by atoms with Crippen molar-refractivity contribution in [3.05, 3.63) is 76.7 Å². The van der Waals surface area contributed by atoms with E-state index in [1.54, 1.807) is 17.0 Å². The van der Waals surface area contributed by atoms with Crippen molar-refractivity contribution in [1.82, 2.24) is 4.90 Å². The molecule has 0 spiro atoms. The fourth-order valence-electron chi connectivity index (χ4n) is 3.12. The molecule has 0 radical (unpaired) electrons. The van der Waals surface area contributed by atoms with Gasteiger partial charge in [0.1, 0.15) is 5.25 Å². The molecule has 126 valence electrons. The zero-order valence-corrected chi connectivity index (χ0v) is 14.8. The van der Waals surface area contributed by atoms with Crippen molar-refractivity contribution < 1.29 is 9.59 Å². The van der Waals surface area contributed by atoms with E-state index in [9.17, 15) is 9.59 Å². The summed E-state index contributed by atoms with van der Waals surface area (Å²) >= 11 is 7.41. The third-order valence-electron chi connectivity index (χ3n) is 4.35. The van der Waals surface area contributed by atoms with Crippen LogP contribution in [0.5, 0.6) is 0 Å². The number of para-hydroxylation sites is 1. The summed E-state index contributed by atoms with van der Waals surface area (Å²) in [5, 5.41) is 2.26. The zero-order valence-electron chi connectivity index (χ0n) is 13.2. The van der Waals surface area contributed by atoms with E-state index in [0.717, 1.165) is 5.56 Å². The third kappa shape index (κ3) is 2.94. The lowest BCUT2D eigenvalue weighted by Crippen LogP contribution is -2.61. The lowest BCUT2D eigenvalue weighted by molar-refractivity contribution is -0.119. The van der Waals surface area contributed by atoms with Gasteiger partial charge in [-0.1, -0.05) is 48.0 Å². The van der Waals surface area contributed by atoms with Gasteiger partial charge < -0.3 is 4.90 Å². The normalized spacial score (nSPS) is 22.4. The van der Waals surface area contributed by atoms with E-state index in [1.807, 2.05) is 53.9 Å². The third-order valence-corrected chi connectivity index (χ3v) is 5.69. The number of fused-ring (bicyclic) bond motifs is 1. The minimum absolute atomic E-state index is 0.163. The summed E-state index contributed by atoms with van der Waals surface area (Å²) in [6.45, 7) is 0.429. The van der Waals surface area contributed by atoms with Gasteiger partial charge >= 0.3 is 6.03 Å². The van der Waals surface area contributed by atoms with Crippen LogP contribution in [0.3, 0.4) is 0 Å². The Kier molecular flexibility index (Phi) is 4.27. The molecule has 0 bridgehead atoms. The molecule has 2 aliphatic rings. The number of benzene rings is 2. The number of anilines is 1. The molecule has 0 aliphatic carbocycles. The Morgan fingerprint density at radius 3 is 2.44 bits per heavy atom. The van der Waals surface area contributed by atoms with E-state index < -0.39 is 0 Å². The Balaban J connectivity index is 1.69. The largest absolute Gasteiger partial charge is 0.332 e. The fraction of sp³-hybridized carbons (Fsp3) is 0.158. The van der Waals surface area contributed by atoms with Gasteiger partial charge in [0.15, 0.2) is 0 Å². The molecular formula is C19H15ClN2O2S. The Morgan fingerprint density at radius 2 is 1.72 bits per heavy atom. The number of hydrogen-bond acceptors (Lipinski definition) is 3. The van der Waals surface area contributed by atoms with Gasteiger partial charge in [0.2, 0.25) is 0 Å². The molecular weight excluding hydrogens is 356 g/mol. The van der Waals surface area contributed by atoms with Crippen LogP contribution < -0.4 is 4.90 Å². The highest BCUT2D eigenvalue weighted by molar-refractivity contribution is 8.03. The van der Waals surface area contributed by atoms with Gasteiger partial charge in [-0.15, -0.1) is 11.8 Å². The summed E-state index contributed by atoms with van der Waals surface area (Å²) in [7, 11) is 0.